The fourth-order valence-corrected chi connectivity index (χ4v) is 3.30. The number of hydrogen-bond donors (Lipinski definition) is 1. The number of nitrogens with zero attached hydrogens (tertiary/aromatic N) is 5. The Morgan fingerprint density at radius 3 is 2.48 bits per heavy atom. The van der Waals surface area contributed by atoms with E-state index in [0.29, 0.717) is 25.8 Å². The van der Waals surface area contributed by atoms with Crippen molar-refractivity contribution in [1.29, 1.82) is 0 Å². The lowest BCUT2D eigenvalue weighted by Gasteiger charge is -2.11. The molecule has 3 aromatic heterocycles. The van der Waals surface area contributed by atoms with E-state index in [-0.39, 0.29) is 23.6 Å². The van der Waals surface area contributed by atoms with Crippen LogP contribution in [0.15, 0.2) is 42.6 Å². The van der Waals surface area contributed by atoms with Crippen LogP contribution in [0.25, 0.3) is 16.9 Å². The molecule has 1 N–H and O–H groups in total. The average molecular weight is 469 g/mol. The van der Waals surface area contributed by atoms with Crippen LogP contribution in [0.5, 0.6) is 0 Å². The van der Waals surface area contributed by atoms with E-state index in [0.717, 1.165) is 6.07 Å². The largest absolute Gasteiger partial charge is 0.433 e. The van der Waals surface area contributed by atoms with Gasteiger partial charge in [0, 0.05) is 23.7 Å². The molecule has 4 rings (SSSR count). The van der Waals surface area contributed by atoms with E-state index >= 15 is 0 Å². The van der Waals surface area contributed by atoms with Gasteiger partial charge in [-0.25, -0.2) is 9.50 Å². The minimum atomic E-state index is -4.72. The summed E-state index contributed by atoms with van der Waals surface area (Å²) in [4.78, 5) is 16.7. The Hall–Kier alpha value is -3.11. The Morgan fingerprint density at radius 1 is 1.16 bits per heavy atom. The normalized spacial score (nSPS) is 11.8. The quantitative estimate of drug-likeness (QED) is 0.481. The van der Waals surface area contributed by atoms with Crippen LogP contribution in [0.1, 0.15) is 21.9 Å². The summed E-state index contributed by atoms with van der Waals surface area (Å²) >= 11 is 11.8. The number of alkyl halides is 3. The van der Waals surface area contributed by atoms with Crippen molar-refractivity contribution in [3.63, 3.8) is 0 Å². The molecule has 0 saturated carbocycles. The standard InChI is InChI=1S/C19H13Cl2F3N6O/c1-29-15(12(21)8-26-29)9-25-18(31)14-7-17-27-13(10-2-4-11(20)5-3-10)6-16(19(22,23)24)30(17)28-14/h2-8H,9H2,1H3,(H,25,31). The van der Waals surface area contributed by atoms with E-state index in [4.69, 9.17) is 23.2 Å². The van der Waals surface area contributed by atoms with E-state index in [1.165, 1.54) is 16.9 Å². The van der Waals surface area contributed by atoms with Gasteiger partial charge in [0.1, 0.15) is 0 Å². The van der Waals surface area contributed by atoms with Crippen molar-refractivity contribution < 1.29 is 18.0 Å². The number of fused-ring (bicyclic) bond motifs is 1. The second-order valence-electron chi connectivity index (χ2n) is 6.58. The number of rotatable bonds is 4. The molecule has 1 aromatic carbocycles. The fourth-order valence-electron chi connectivity index (χ4n) is 2.95. The lowest BCUT2D eigenvalue weighted by Crippen LogP contribution is -2.25. The number of halogens is 5. The molecule has 0 aliphatic heterocycles. The molecule has 1 amide bonds. The number of carbonyl (C=O) groups is 1. The molecule has 0 saturated heterocycles. The third-order valence-corrected chi connectivity index (χ3v) is 5.08. The highest BCUT2D eigenvalue weighted by molar-refractivity contribution is 6.31. The van der Waals surface area contributed by atoms with Gasteiger partial charge in [-0.05, 0) is 18.2 Å². The second kappa shape index (κ2) is 7.86. The fraction of sp³-hybridized carbons (Fsp3) is 0.158. The molecular formula is C19H13Cl2F3N6O. The van der Waals surface area contributed by atoms with Gasteiger partial charge in [-0.2, -0.15) is 23.4 Å². The number of benzene rings is 1. The summed E-state index contributed by atoms with van der Waals surface area (Å²) in [6.07, 6.45) is -3.30. The molecule has 0 bridgehead atoms. The van der Waals surface area contributed by atoms with Crippen molar-refractivity contribution in [1.82, 2.24) is 29.7 Å². The molecule has 0 aliphatic carbocycles. The Balaban J connectivity index is 1.71. The summed E-state index contributed by atoms with van der Waals surface area (Å²) in [5.74, 6) is -0.677. The smallest absolute Gasteiger partial charge is 0.345 e. The molecule has 31 heavy (non-hydrogen) atoms. The van der Waals surface area contributed by atoms with Crippen molar-refractivity contribution in [2.45, 2.75) is 12.7 Å². The summed E-state index contributed by atoms with van der Waals surface area (Å²) in [5.41, 5.74) is -0.345. The zero-order valence-electron chi connectivity index (χ0n) is 15.8. The predicted molar refractivity (Wildman–Crippen MR) is 108 cm³/mol. The van der Waals surface area contributed by atoms with E-state index in [1.54, 1.807) is 31.3 Å². The molecule has 0 fully saturated rings. The number of aryl methyl sites for hydroxylation is 1. The molecule has 160 valence electrons. The van der Waals surface area contributed by atoms with Crippen molar-refractivity contribution >= 4 is 34.8 Å². The molecule has 0 aliphatic rings. The van der Waals surface area contributed by atoms with Gasteiger partial charge in [0.05, 0.1) is 29.2 Å². The van der Waals surface area contributed by atoms with Crippen LogP contribution in [0.4, 0.5) is 13.2 Å². The number of hydrogen-bond acceptors (Lipinski definition) is 4. The van der Waals surface area contributed by atoms with Gasteiger partial charge in [0.25, 0.3) is 5.91 Å². The van der Waals surface area contributed by atoms with Gasteiger partial charge in [0.2, 0.25) is 0 Å². The molecule has 4 aromatic rings. The van der Waals surface area contributed by atoms with Gasteiger partial charge in [-0.15, -0.1) is 0 Å². The van der Waals surface area contributed by atoms with Crippen molar-refractivity contribution in [3.8, 4) is 11.3 Å². The molecule has 7 nitrogen and oxygen atoms in total. The topological polar surface area (TPSA) is 77.1 Å². The van der Waals surface area contributed by atoms with Gasteiger partial charge in [-0.3, -0.25) is 9.48 Å². The number of aromatic nitrogens is 5. The maximum absolute atomic E-state index is 13.7. The Labute approximate surface area is 183 Å². The Morgan fingerprint density at radius 2 is 1.87 bits per heavy atom. The first-order valence-corrected chi connectivity index (χ1v) is 9.57. The van der Waals surface area contributed by atoms with Crippen molar-refractivity contribution in [2.24, 2.45) is 7.05 Å². The summed E-state index contributed by atoms with van der Waals surface area (Å²) in [6.45, 7) is 0.0254. The Bertz CT molecular complexity index is 1260. The van der Waals surface area contributed by atoms with Gasteiger partial charge in [-0.1, -0.05) is 35.3 Å². The van der Waals surface area contributed by atoms with Crippen LogP contribution in [0, 0.1) is 0 Å². The maximum atomic E-state index is 13.7. The van der Waals surface area contributed by atoms with Gasteiger partial charge >= 0.3 is 6.18 Å². The summed E-state index contributed by atoms with van der Waals surface area (Å²) < 4.78 is 43.1. The zero-order valence-corrected chi connectivity index (χ0v) is 17.3. The SMILES string of the molecule is Cn1ncc(Cl)c1CNC(=O)c1cc2nc(-c3ccc(Cl)cc3)cc(C(F)(F)F)n2n1. The average Bonchev–Trinajstić information content (AvgIpc) is 3.28. The molecular weight excluding hydrogens is 456 g/mol. The van der Waals surface area contributed by atoms with Crippen LogP contribution in [0.3, 0.4) is 0 Å². The van der Waals surface area contributed by atoms with E-state index in [9.17, 15) is 18.0 Å². The minimum absolute atomic E-state index is 0.0254. The first-order valence-electron chi connectivity index (χ1n) is 8.82. The molecule has 12 heteroatoms. The molecule has 3 heterocycles. The first kappa shape index (κ1) is 21.1. The lowest BCUT2D eigenvalue weighted by molar-refractivity contribution is -0.142. The molecule has 0 unspecified atom stereocenters. The summed E-state index contributed by atoms with van der Waals surface area (Å²) in [7, 11) is 1.65. The lowest BCUT2D eigenvalue weighted by atomic mass is 10.1. The molecule has 0 atom stereocenters. The monoisotopic (exact) mass is 468 g/mol. The maximum Gasteiger partial charge on any atom is 0.433 e. The third kappa shape index (κ3) is 4.21. The highest BCUT2D eigenvalue weighted by atomic mass is 35.5. The minimum Gasteiger partial charge on any atom is -0.345 e. The van der Waals surface area contributed by atoms with Crippen LogP contribution in [0.2, 0.25) is 10.0 Å². The number of nitrogens with one attached hydrogen (secondary N) is 1. The summed E-state index contributed by atoms with van der Waals surface area (Å²) in [5, 5.41) is 11.1. The van der Waals surface area contributed by atoms with Crippen LogP contribution in [-0.2, 0) is 19.8 Å². The Kier molecular flexibility index (Phi) is 5.36. The van der Waals surface area contributed by atoms with E-state index in [1.807, 2.05) is 0 Å². The van der Waals surface area contributed by atoms with Crippen molar-refractivity contribution in [2.75, 3.05) is 0 Å². The zero-order chi connectivity index (χ0) is 22.3. The van der Waals surface area contributed by atoms with Gasteiger partial charge < -0.3 is 5.32 Å². The highest BCUT2D eigenvalue weighted by Gasteiger charge is 2.35. The van der Waals surface area contributed by atoms with Gasteiger partial charge in [0.15, 0.2) is 17.0 Å². The summed E-state index contributed by atoms with van der Waals surface area (Å²) in [6, 6.07) is 8.28. The van der Waals surface area contributed by atoms with Crippen LogP contribution in [-0.4, -0.2) is 30.3 Å². The number of carbonyl (C=O) groups excluding carboxylic acids is 1. The molecule has 0 radical (unpaired) electrons. The number of amides is 1. The second-order valence-corrected chi connectivity index (χ2v) is 7.42. The molecule has 0 spiro atoms. The predicted octanol–water partition coefficient (Wildman–Crippen LogP) is 4.39. The van der Waals surface area contributed by atoms with Crippen LogP contribution >= 0.6 is 23.2 Å². The van der Waals surface area contributed by atoms with Crippen molar-refractivity contribution in [3.05, 3.63) is 69.7 Å². The van der Waals surface area contributed by atoms with Crippen LogP contribution < -0.4 is 5.32 Å². The highest BCUT2D eigenvalue weighted by Crippen LogP contribution is 2.32. The van der Waals surface area contributed by atoms with E-state index < -0.39 is 17.8 Å². The van der Waals surface area contributed by atoms with E-state index in [2.05, 4.69) is 20.5 Å². The first-order chi connectivity index (χ1) is 14.6. The third-order valence-electron chi connectivity index (χ3n) is 4.52.